The minimum atomic E-state index is -5.07. The van der Waals surface area contributed by atoms with Crippen molar-refractivity contribution in [3.05, 3.63) is 32.6 Å². The summed E-state index contributed by atoms with van der Waals surface area (Å²) < 4.78 is 69.7. The molecule has 0 saturated carbocycles. The van der Waals surface area contributed by atoms with Gasteiger partial charge in [0.25, 0.3) is 5.56 Å². The van der Waals surface area contributed by atoms with E-state index in [1.54, 1.807) is 0 Å². The first-order chi connectivity index (χ1) is 12.4. The van der Waals surface area contributed by atoms with Gasteiger partial charge in [0, 0.05) is 20.4 Å². The molecule has 2 unspecified atom stereocenters. The third-order valence-corrected chi connectivity index (χ3v) is 5.09. The van der Waals surface area contributed by atoms with E-state index in [4.69, 9.17) is 9.26 Å². The van der Waals surface area contributed by atoms with Gasteiger partial charge in [-0.15, -0.1) is 0 Å². The van der Waals surface area contributed by atoms with Gasteiger partial charge in [-0.2, -0.15) is 13.2 Å². The first kappa shape index (κ1) is 21.8. The van der Waals surface area contributed by atoms with Crippen molar-refractivity contribution in [3.8, 4) is 0 Å². The smallest absolute Gasteiger partial charge is 0.387 e. The van der Waals surface area contributed by atoms with Crippen molar-refractivity contribution in [2.24, 2.45) is 0 Å². The van der Waals surface area contributed by atoms with Gasteiger partial charge in [0.15, 0.2) is 6.23 Å². The molecule has 0 aromatic carbocycles. The summed E-state index contributed by atoms with van der Waals surface area (Å²) in [6, 6.07) is 0. The van der Waals surface area contributed by atoms with E-state index in [1.807, 2.05) is 0 Å². The van der Waals surface area contributed by atoms with E-state index in [0.29, 0.717) is 0 Å². The summed E-state index contributed by atoms with van der Waals surface area (Å²) in [5, 5.41) is 20.0. The lowest BCUT2D eigenvalue weighted by molar-refractivity contribution is -0.140. The van der Waals surface area contributed by atoms with Gasteiger partial charge in [0.2, 0.25) is 0 Å². The first-order valence-electron chi connectivity index (χ1n) is 7.24. The quantitative estimate of drug-likeness (QED) is 0.522. The fourth-order valence-corrected chi connectivity index (χ4v) is 3.01. The van der Waals surface area contributed by atoms with Crippen LogP contribution in [0.4, 0.5) is 13.2 Å². The van der Waals surface area contributed by atoms with E-state index in [1.165, 1.54) is 4.98 Å². The highest BCUT2D eigenvalue weighted by molar-refractivity contribution is 7.48. The summed E-state index contributed by atoms with van der Waals surface area (Å²) in [4.78, 5) is 24.6. The average molecular weight is 420 g/mol. The molecule has 1 aromatic heterocycles. The normalized spacial score (nSPS) is 26.5. The molecule has 0 radical (unpaired) electrons. The van der Waals surface area contributed by atoms with Gasteiger partial charge in [-0.05, 0) is 0 Å². The first-order valence-corrected chi connectivity index (χ1v) is 8.70. The molecule has 15 heteroatoms. The topological polar surface area (TPSA) is 149 Å². The summed E-state index contributed by atoms with van der Waals surface area (Å²) in [6.07, 6.45) is -11.6. The number of H-pyrrole nitrogens is 1. The molecule has 11 nitrogen and oxygen atoms in total. The highest BCUT2D eigenvalue weighted by Crippen LogP contribution is 2.48. The SMILES string of the molecule is COP(=O)(OC)OC[C@H]1O[C@@H](n2cc(C(F)(F)F)c(=O)[nH]c2=O)C(O)C1O. The van der Waals surface area contributed by atoms with E-state index < -0.39 is 62.0 Å². The fraction of sp³-hybridized carbons (Fsp3) is 0.667. The predicted molar refractivity (Wildman–Crippen MR) is 79.8 cm³/mol. The van der Waals surface area contributed by atoms with Gasteiger partial charge in [-0.1, -0.05) is 0 Å². The standard InChI is InChI=1S/C12H16F3N2O9P/c1-23-27(22,24-2)25-4-6-7(18)8(19)10(26-6)17-3-5(12(13,14)15)9(20)16-11(17)21/h3,6-8,10,18-19H,4H2,1-2H3,(H,16,20,21)/t6-,7?,8?,10-/m1/s1. The maximum Gasteiger partial charge on any atom is 0.474 e. The Hall–Kier alpha value is -1.54. The van der Waals surface area contributed by atoms with Crippen molar-refractivity contribution in [2.45, 2.75) is 30.7 Å². The number of phosphoric ester groups is 1. The van der Waals surface area contributed by atoms with Gasteiger partial charge < -0.3 is 14.9 Å². The average Bonchev–Trinajstić information content (AvgIpc) is 2.87. The third-order valence-electron chi connectivity index (χ3n) is 3.73. The van der Waals surface area contributed by atoms with E-state index in [2.05, 4.69) is 9.05 Å². The molecule has 1 aliphatic heterocycles. The second-order valence-corrected chi connectivity index (χ2v) is 7.24. The zero-order valence-electron chi connectivity index (χ0n) is 13.9. The lowest BCUT2D eigenvalue weighted by atomic mass is 10.1. The Morgan fingerprint density at radius 2 is 1.85 bits per heavy atom. The molecule has 154 valence electrons. The third kappa shape index (κ3) is 4.48. The zero-order chi connectivity index (χ0) is 20.6. The summed E-state index contributed by atoms with van der Waals surface area (Å²) >= 11 is 0. The van der Waals surface area contributed by atoms with Crippen LogP contribution in [0.1, 0.15) is 11.8 Å². The van der Waals surface area contributed by atoms with Crippen molar-refractivity contribution >= 4 is 7.82 Å². The van der Waals surface area contributed by atoms with E-state index in [-0.39, 0.29) is 10.8 Å². The van der Waals surface area contributed by atoms with E-state index in [9.17, 15) is 37.5 Å². The number of hydrogen-bond acceptors (Lipinski definition) is 9. The zero-order valence-corrected chi connectivity index (χ0v) is 14.8. The van der Waals surface area contributed by atoms with Crippen molar-refractivity contribution < 1.29 is 46.3 Å². The molecule has 1 aromatic rings. The highest BCUT2D eigenvalue weighted by Gasteiger charge is 2.46. The molecule has 3 N–H and O–H groups in total. The fourth-order valence-electron chi connectivity index (χ4n) is 2.32. The van der Waals surface area contributed by atoms with Crippen molar-refractivity contribution in [2.75, 3.05) is 20.8 Å². The van der Waals surface area contributed by atoms with Gasteiger partial charge in [0.1, 0.15) is 23.9 Å². The molecule has 0 spiro atoms. The minimum Gasteiger partial charge on any atom is -0.387 e. The number of hydrogen-bond donors (Lipinski definition) is 3. The van der Waals surface area contributed by atoms with Crippen LogP contribution in [0.25, 0.3) is 0 Å². The van der Waals surface area contributed by atoms with Crippen LogP contribution in [-0.4, -0.2) is 58.9 Å². The molecule has 0 amide bonds. The second-order valence-electron chi connectivity index (χ2n) is 5.36. The number of halogens is 3. The maximum absolute atomic E-state index is 12.9. The number of aromatic nitrogens is 2. The largest absolute Gasteiger partial charge is 0.474 e. The molecule has 2 heterocycles. The van der Waals surface area contributed by atoms with E-state index in [0.717, 1.165) is 14.2 Å². The molecule has 4 atom stereocenters. The Balaban J connectivity index is 2.29. The molecule has 0 aliphatic carbocycles. The Morgan fingerprint density at radius 1 is 1.26 bits per heavy atom. The highest BCUT2D eigenvalue weighted by atomic mass is 31.2. The lowest BCUT2D eigenvalue weighted by Gasteiger charge is -2.19. The summed E-state index contributed by atoms with van der Waals surface area (Å²) in [5.74, 6) is 0. The number of phosphoric acid groups is 1. The van der Waals surface area contributed by atoms with Crippen LogP contribution in [0, 0.1) is 0 Å². The molecule has 1 aliphatic rings. The van der Waals surface area contributed by atoms with Crippen LogP contribution >= 0.6 is 7.82 Å². The summed E-state index contributed by atoms with van der Waals surface area (Å²) in [7, 11) is -1.91. The summed E-state index contributed by atoms with van der Waals surface area (Å²) in [6.45, 7) is -0.641. The van der Waals surface area contributed by atoms with Crippen LogP contribution in [0.5, 0.6) is 0 Å². The van der Waals surface area contributed by atoms with E-state index >= 15 is 0 Å². The Morgan fingerprint density at radius 3 is 2.37 bits per heavy atom. The molecular formula is C12H16F3N2O9P. The number of nitrogens with zero attached hydrogens (tertiary/aromatic N) is 1. The van der Waals surface area contributed by atoms with Crippen LogP contribution in [0.2, 0.25) is 0 Å². The van der Waals surface area contributed by atoms with Crippen LogP contribution in [-0.2, 0) is 29.0 Å². The number of alkyl halides is 3. The number of rotatable bonds is 6. The van der Waals surface area contributed by atoms with Gasteiger partial charge >= 0.3 is 19.7 Å². The Labute approximate surface area is 148 Å². The monoisotopic (exact) mass is 420 g/mol. The number of nitrogens with one attached hydrogen (secondary N) is 1. The molecule has 1 fully saturated rings. The number of aliphatic hydroxyl groups excluding tert-OH is 2. The van der Waals surface area contributed by atoms with Crippen molar-refractivity contribution in [1.29, 1.82) is 0 Å². The van der Waals surface area contributed by atoms with Crippen LogP contribution in [0.3, 0.4) is 0 Å². The van der Waals surface area contributed by atoms with Crippen molar-refractivity contribution in [3.63, 3.8) is 0 Å². The van der Waals surface area contributed by atoms with Gasteiger partial charge in [-0.25, -0.2) is 9.36 Å². The molecule has 2 rings (SSSR count). The number of aliphatic hydroxyl groups is 2. The molecule has 27 heavy (non-hydrogen) atoms. The number of aromatic amines is 1. The maximum atomic E-state index is 12.9. The van der Waals surface area contributed by atoms with Crippen LogP contribution < -0.4 is 11.2 Å². The van der Waals surface area contributed by atoms with Gasteiger partial charge in [0.05, 0.1) is 6.61 Å². The second kappa shape index (κ2) is 7.83. The molecule has 1 saturated heterocycles. The van der Waals surface area contributed by atoms with Gasteiger partial charge in [-0.3, -0.25) is 27.9 Å². The molecular weight excluding hydrogens is 404 g/mol. The Bertz CT molecular complexity index is 831. The Kier molecular flexibility index (Phi) is 6.31. The number of ether oxygens (including phenoxy) is 1. The summed E-state index contributed by atoms with van der Waals surface area (Å²) in [5.41, 5.74) is -4.67. The predicted octanol–water partition coefficient (Wildman–Crippen LogP) is -0.408. The van der Waals surface area contributed by atoms with Crippen LogP contribution in [0.15, 0.2) is 15.8 Å². The van der Waals surface area contributed by atoms with Crippen molar-refractivity contribution in [1.82, 2.24) is 9.55 Å². The minimum absolute atomic E-state index is 0.167. The lowest BCUT2D eigenvalue weighted by Crippen LogP contribution is -2.40. The molecule has 0 bridgehead atoms.